The van der Waals surface area contributed by atoms with E-state index < -0.39 is 0 Å². The molecule has 0 radical (unpaired) electrons. The van der Waals surface area contributed by atoms with Crippen LogP contribution in [0.15, 0.2) is 0 Å². The Kier molecular flexibility index (Phi) is 2.65. The van der Waals surface area contributed by atoms with Crippen molar-refractivity contribution in [1.82, 2.24) is 9.80 Å². The van der Waals surface area contributed by atoms with Gasteiger partial charge in [0.25, 0.3) is 0 Å². The van der Waals surface area contributed by atoms with Crippen molar-refractivity contribution in [2.24, 2.45) is 0 Å². The molecule has 0 bridgehead atoms. The smallest absolute Gasteiger partial charge is 0.410 e. The molecule has 4 nitrogen and oxygen atoms in total. The Morgan fingerprint density at radius 2 is 2.00 bits per heavy atom. The minimum absolute atomic E-state index is 0.221. The molecule has 0 spiro atoms. The monoisotopic (exact) mass is 170 g/mol. The van der Waals surface area contributed by atoms with E-state index in [1.54, 1.807) is 0 Å². The van der Waals surface area contributed by atoms with Gasteiger partial charge in [0.05, 0.1) is 6.61 Å². The van der Waals surface area contributed by atoms with E-state index in [0.29, 0.717) is 7.69 Å². The quantitative estimate of drug-likeness (QED) is 0.465. The van der Waals surface area contributed by atoms with Crippen LogP contribution in [0.25, 0.3) is 0 Å². The van der Waals surface area contributed by atoms with Crippen molar-refractivity contribution in [2.45, 2.75) is 6.23 Å². The largest absolute Gasteiger partial charge is 0.439 e. The molecule has 2 heterocycles. The van der Waals surface area contributed by atoms with Crippen molar-refractivity contribution in [3.63, 3.8) is 0 Å². The SMILES string of the molecule is CN1CCN(C2COBO2)CC1. The van der Waals surface area contributed by atoms with E-state index >= 15 is 0 Å². The summed E-state index contributed by atoms with van der Waals surface area (Å²) in [6.07, 6.45) is 0.221. The van der Waals surface area contributed by atoms with Crippen LogP contribution in [0.4, 0.5) is 0 Å². The van der Waals surface area contributed by atoms with Crippen LogP contribution in [0.1, 0.15) is 0 Å². The normalized spacial score (nSPS) is 33.6. The average Bonchev–Trinajstić information content (AvgIpc) is 2.58. The summed E-state index contributed by atoms with van der Waals surface area (Å²) in [5.74, 6) is 0. The molecule has 12 heavy (non-hydrogen) atoms. The Balaban J connectivity index is 1.80. The van der Waals surface area contributed by atoms with Crippen LogP contribution in [0.2, 0.25) is 0 Å². The Hall–Kier alpha value is -0.0951. The van der Waals surface area contributed by atoms with Crippen molar-refractivity contribution < 1.29 is 9.31 Å². The molecular weight excluding hydrogens is 155 g/mol. The highest BCUT2D eigenvalue weighted by Gasteiger charge is 2.26. The van der Waals surface area contributed by atoms with Gasteiger partial charge in [-0.25, -0.2) is 0 Å². The summed E-state index contributed by atoms with van der Waals surface area (Å²) in [5, 5.41) is 0. The fraction of sp³-hybridized carbons (Fsp3) is 1.00. The van der Waals surface area contributed by atoms with Crippen LogP contribution in [0, 0.1) is 0 Å². The molecule has 0 N–H and O–H groups in total. The van der Waals surface area contributed by atoms with Crippen molar-refractivity contribution in [3.8, 4) is 0 Å². The topological polar surface area (TPSA) is 24.9 Å². The maximum absolute atomic E-state index is 5.41. The van der Waals surface area contributed by atoms with Gasteiger partial charge in [0.15, 0.2) is 0 Å². The molecule has 0 saturated carbocycles. The third-order valence-corrected chi connectivity index (χ3v) is 2.55. The standard InChI is InChI=1S/C7H15BN2O2/c1-9-2-4-10(5-3-9)7-6-11-8-12-7/h7-8H,2-6H2,1H3. The van der Waals surface area contributed by atoms with Gasteiger partial charge in [-0.1, -0.05) is 0 Å². The molecule has 0 aromatic carbocycles. The maximum Gasteiger partial charge on any atom is 0.439 e. The molecule has 1 atom stereocenters. The van der Waals surface area contributed by atoms with Crippen molar-refractivity contribution in [2.75, 3.05) is 39.8 Å². The number of hydrogen-bond donors (Lipinski definition) is 0. The van der Waals surface area contributed by atoms with E-state index in [4.69, 9.17) is 9.31 Å². The van der Waals surface area contributed by atoms with Crippen LogP contribution in [-0.2, 0) is 9.31 Å². The van der Waals surface area contributed by atoms with Crippen molar-refractivity contribution in [3.05, 3.63) is 0 Å². The summed E-state index contributed by atoms with van der Waals surface area (Å²) >= 11 is 0. The van der Waals surface area contributed by atoms with Gasteiger partial charge in [-0.05, 0) is 7.05 Å². The van der Waals surface area contributed by atoms with Gasteiger partial charge >= 0.3 is 7.69 Å². The zero-order chi connectivity index (χ0) is 8.39. The minimum Gasteiger partial charge on any atom is -0.410 e. The molecule has 2 aliphatic heterocycles. The first kappa shape index (κ1) is 8.50. The Morgan fingerprint density at radius 1 is 1.25 bits per heavy atom. The highest BCUT2D eigenvalue weighted by molar-refractivity contribution is 6.18. The number of likely N-dealkylation sites (N-methyl/N-ethyl adjacent to an activating group) is 1. The van der Waals surface area contributed by atoms with E-state index in [0.717, 1.165) is 32.8 Å². The highest BCUT2D eigenvalue weighted by atomic mass is 16.6. The Labute approximate surface area is 73.7 Å². The fourth-order valence-corrected chi connectivity index (χ4v) is 1.64. The third-order valence-electron chi connectivity index (χ3n) is 2.55. The number of piperazine rings is 1. The van der Waals surface area contributed by atoms with Crippen molar-refractivity contribution >= 4 is 7.69 Å². The molecule has 0 amide bonds. The molecule has 2 saturated heterocycles. The first-order valence-corrected chi connectivity index (χ1v) is 4.48. The second-order valence-corrected chi connectivity index (χ2v) is 3.45. The molecule has 0 aromatic rings. The Bertz CT molecular complexity index is 144. The zero-order valence-corrected chi connectivity index (χ0v) is 7.53. The van der Waals surface area contributed by atoms with E-state index in [-0.39, 0.29) is 6.23 Å². The first-order valence-electron chi connectivity index (χ1n) is 4.48. The van der Waals surface area contributed by atoms with Crippen molar-refractivity contribution in [1.29, 1.82) is 0 Å². The number of rotatable bonds is 1. The lowest BCUT2D eigenvalue weighted by Crippen LogP contribution is -2.49. The lowest BCUT2D eigenvalue weighted by atomic mass is 10.3. The molecule has 1 unspecified atom stereocenters. The lowest BCUT2D eigenvalue weighted by Gasteiger charge is -2.35. The third kappa shape index (κ3) is 1.80. The molecule has 2 aliphatic rings. The molecule has 0 aromatic heterocycles. The van der Waals surface area contributed by atoms with Gasteiger partial charge in [-0.3, -0.25) is 4.90 Å². The van der Waals surface area contributed by atoms with Gasteiger partial charge in [0, 0.05) is 26.2 Å². The Morgan fingerprint density at radius 3 is 2.58 bits per heavy atom. The van der Waals surface area contributed by atoms with Gasteiger partial charge < -0.3 is 14.2 Å². The maximum atomic E-state index is 5.41. The fourth-order valence-electron chi connectivity index (χ4n) is 1.64. The molecule has 68 valence electrons. The summed E-state index contributed by atoms with van der Waals surface area (Å²) in [4.78, 5) is 4.69. The molecular formula is C7H15BN2O2. The molecule has 2 rings (SSSR count). The second-order valence-electron chi connectivity index (χ2n) is 3.45. The van der Waals surface area contributed by atoms with E-state index in [1.165, 1.54) is 0 Å². The minimum atomic E-state index is 0.221. The van der Waals surface area contributed by atoms with Crippen LogP contribution >= 0.6 is 0 Å². The molecule has 2 fully saturated rings. The predicted octanol–water partition coefficient (Wildman–Crippen LogP) is -1.13. The van der Waals surface area contributed by atoms with E-state index in [2.05, 4.69) is 16.8 Å². The molecule has 0 aliphatic carbocycles. The lowest BCUT2D eigenvalue weighted by molar-refractivity contribution is 0.00998. The summed E-state index contributed by atoms with van der Waals surface area (Å²) in [5.41, 5.74) is 0. The molecule has 5 heteroatoms. The first-order chi connectivity index (χ1) is 5.86. The second kappa shape index (κ2) is 3.74. The van der Waals surface area contributed by atoms with E-state index in [1.807, 2.05) is 0 Å². The number of hydrogen-bond acceptors (Lipinski definition) is 4. The average molecular weight is 170 g/mol. The van der Waals surface area contributed by atoms with Gasteiger partial charge in [0.2, 0.25) is 0 Å². The van der Waals surface area contributed by atoms with Crippen LogP contribution in [0.3, 0.4) is 0 Å². The van der Waals surface area contributed by atoms with Crippen LogP contribution in [-0.4, -0.2) is 63.5 Å². The van der Waals surface area contributed by atoms with Gasteiger partial charge in [0.1, 0.15) is 6.23 Å². The van der Waals surface area contributed by atoms with Gasteiger partial charge in [-0.15, -0.1) is 0 Å². The van der Waals surface area contributed by atoms with Crippen LogP contribution in [0.5, 0.6) is 0 Å². The summed E-state index contributed by atoms with van der Waals surface area (Å²) < 4.78 is 10.6. The summed E-state index contributed by atoms with van der Waals surface area (Å²) in [6, 6.07) is 0. The highest BCUT2D eigenvalue weighted by Crippen LogP contribution is 2.10. The predicted molar refractivity (Wildman–Crippen MR) is 47.0 cm³/mol. The summed E-state index contributed by atoms with van der Waals surface area (Å²) in [7, 11) is 2.63. The van der Waals surface area contributed by atoms with Crippen LogP contribution < -0.4 is 0 Å². The number of nitrogens with zero attached hydrogens (tertiary/aromatic N) is 2. The van der Waals surface area contributed by atoms with Gasteiger partial charge in [-0.2, -0.15) is 0 Å². The summed E-state index contributed by atoms with van der Waals surface area (Å²) in [6.45, 7) is 5.22. The van der Waals surface area contributed by atoms with E-state index in [9.17, 15) is 0 Å². The zero-order valence-electron chi connectivity index (χ0n) is 7.53.